The average molecular weight is 442 g/mol. The van der Waals surface area contributed by atoms with Gasteiger partial charge < -0.3 is 15.2 Å². The highest BCUT2D eigenvalue weighted by Gasteiger charge is 2.38. The van der Waals surface area contributed by atoms with Crippen LogP contribution in [-0.2, 0) is 14.3 Å². The van der Waals surface area contributed by atoms with E-state index >= 15 is 0 Å². The maximum absolute atomic E-state index is 13.1. The van der Waals surface area contributed by atoms with Gasteiger partial charge in [-0.25, -0.2) is 4.79 Å². The summed E-state index contributed by atoms with van der Waals surface area (Å²) >= 11 is 1.24. The molecule has 2 atom stereocenters. The van der Waals surface area contributed by atoms with Crippen LogP contribution in [0, 0.1) is 11.8 Å². The number of carboxylic acid groups (broad SMARTS) is 1. The lowest BCUT2D eigenvalue weighted by molar-refractivity contribution is -0.146. The van der Waals surface area contributed by atoms with E-state index in [-0.39, 0.29) is 12.0 Å². The van der Waals surface area contributed by atoms with E-state index in [2.05, 4.69) is 5.32 Å². The van der Waals surface area contributed by atoms with E-state index < -0.39 is 23.8 Å². The van der Waals surface area contributed by atoms with Crippen molar-refractivity contribution in [1.82, 2.24) is 0 Å². The molecular weight excluding hydrogens is 414 g/mol. The second-order valence-electron chi connectivity index (χ2n) is 8.18. The Bertz CT molecular complexity index is 1020. The van der Waals surface area contributed by atoms with Gasteiger partial charge in [0.2, 0.25) is 5.91 Å². The SMILES string of the molecule is CC1=C(C)C[C@@H](C(=O)O)[C@@H](C(=O)Nc2scc(-c3ccccc3)c2C(=O)OC(C)C)C1. The van der Waals surface area contributed by atoms with Crippen molar-refractivity contribution in [3.8, 4) is 11.1 Å². The quantitative estimate of drug-likeness (QED) is 0.465. The number of hydrogen-bond acceptors (Lipinski definition) is 5. The molecule has 31 heavy (non-hydrogen) atoms. The van der Waals surface area contributed by atoms with Crippen molar-refractivity contribution >= 4 is 34.2 Å². The Morgan fingerprint density at radius 3 is 2.26 bits per heavy atom. The fraction of sp³-hybridized carbons (Fsp3) is 0.375. The Balaban J connectivity index is 1.95. The minimum atomic E-state index is -0.984. The molecule has 7 heteroatoms. The number of rotatable bonds is 6. The summed E-state index contributed by atoms with van der Waals surface area (Å²) in [5.41, 5.74) is 3.86. The van der Waals surface area contributed by atoms with E-state index in [9.17, 15) is 19.5 Å². The maximum atomic E-state index is 13.1. The van der Waals surface area contributed by atoms with Crippen molar-refractivity contribution in [2.75, 3.05) is 5.32 Å². The summed E-state index contributed by atoms with van der Waals surface area (Å²) < 4.78 is 5.43. The molecule has 2 N–H and O–H groups in total. The minimum absolute atomic E-state index is 0.296. The first kappa shape index (κ1) is 22.7. The summed E-state index contributed by atoms with van der Waals surface area (Å²) in [4.78, 5) is 37.8. The molecule has 0 fully saturated rings. The molecule has 2 aromatic rings. The van der Waals surface area contributed by atoms with Crippen LogP contribution >= 0.6 is 11.3 Å². The zero-order valence-corrected chi connectivity index (χ0v) is 18.9. The number of allylic oxidation sites excluding steroid dienone is 2. The van der Waals surface area contributed by atoms with Gasteiger partial charge in [0.05, 0.1) is 17.9 Å². The summed E-state index contributed by atoms with van der Waals surface area (Å²) in [5.74, 6) is -3.38. The predicted octanol–water partition coefficient (Wildman–Crippen LogP) is 5.37. The Labute approximate surface area is 185 Å². The first-order valence-electron chi connectivity index (χ1n) is 10.3. The number of anilines is 1. The number of thiophene rings is 1. The van der Waals surface area contributed by atoms with Crippen molar-refractivity contribution in [2.24, 2.45) is 11.8 Å². The van der Waals surface area contributed by atoms with Gasteiger partial charge in [-0.05, 0) is 46.1 Å². The van der Waals surface area contributed by atoms with Crippen molar-refractivity contribution in [3.05, 3.63) is 52.4 Å². The molecule has 6 nitrogen and oxygen atoms in total. The predicted molar refractivity (Wildman–Crippen MR) is 121 cm³/mol. The zero-order chi connectivity index (χ0) is 22.7. The normalized spacial score (nSPS) is 18.7. The molecule has 0 saturated heterocycles. The van der Waals surface area contributed by atoms with Crippen LogP contribution in [0.15, 0.2) is 46.9 Å². The van der Waals surface area contributed by atoms with E-state index in [1.165, 1.54) is 11.3 Å². The van der Waals surface area contributed by atoms with Gasteiger partial charge in [-0.15, -0.1) is 11.3 Å². The summed E-state index contributed by atoms with van der Waals surface area (Å²) in [7, 11) is 0. The molecule has 0 spiro atoms. The number of ether oxygens (including phenoxy) is 1. The summed E-state index contributed by atoms with van der Waals surface area (Å²) in [5, 5.41) is 14.7. The number of nitrogens with one attached hydrogen (secondary N) is 1. The topological polar surface area (TPSA) is 92.7 Å². The van der Waals surface area contributed by atoms with Crippen LogP contribution in [0.5, 0.6) is 0 Å². The number of carbonyl (C=O) groups is 3. The highest BCUT2D eigenvalue weighted by molar-refractivity contribution is 7.15. The smallest absolute Gasteiger partial charge is 0.342 e. The second kappa shape index (κ2) is 9.47. The van der Waals surface area contributed by atoms with Gasteiger partial charge in [0.15, 0.2) is 0 Å². The summed E-state index contributed by atoms with van der Waals surface area (Å²) in [6.45, 7) is 7.37. The molecule has 1 heterocycles. The Morgan fingerprint density at radius 1 is 1.06 bits per heavy atom. The van der Waals surface area contributed by atoms with E-state index in [0.29, 0.717) is 29.0 Å². The fourth-order valence-corrected chi connectivity index (χ4v) is 4.75. The van der Waals surface area contributed by atoms with Crippen molar-refractivity contribution in [3.63, 3.8) is 0 Å². The van der Waals surface area contributed by atoms with Gasteiger partial charge in [-0.2, -0.15) is 0 Å². The zero-order valence-electron chi connectivity index (χ0n) is 18.1. The average Bonchev–Trinajstić information content (AvgIpc) is 3.13. The number of esters is 1. The molecule has 0 aliphatic heterocycles. The van der Waals surface area contributed by atoms with Crippen molar-refractivity contribution in [2.45, 2.75) is 46.6 Å². The Morgan fingerprint density at radius 2 is 1.68 bits per heavy atom. The fourth-order valence-electron chi connectivity index (χ4n) is 3.79. The molecule has 0 unspecified atom stereocenters. The highest BCUT2D eigenvalue weighted by atomic mass is 32.1. The van der Waals surface area contributed by atoms with Crippen LogP contribution in [0.4, 0.5) is 5.00 Å². The third kappa shape index (κ3) is 5.05. The van der Waals surface area contributed by atoms with Gasteiger partial charge in [0.25, 0.3) is 0 Å². The van der Waals surface area contributed by atoms with Crippen molar-refractivity contribution in [1.29, 1.82) is 0 Å². The van der Waals surface area contributed by atoms with Gasteiger partial charge in [0, 0.05) is 10.9 Å². The molecule has 0 radical (unpaired) electrons. The molecule has 1 aliphatic rings. The lowest BCUT2D eigenvalue weighted by atomic mass is 9.76. The monoisotopic (exact) mass is 441 g/mol. The van der Waals surface area contributed by atoms with Crippen LogP contribution in [-0.4, -0.2) is 29.1 Å². The maximum Gasteiger partial charge on any atom is 0.342 e. The highest BCUT2D eigenvalue weighted by Crippen LogP contribution is 2.39. The molecule has 164 valence electrons. The lowest BCUT2D eigenvalue weighted by Crippen LogP contribution is -2.36. The lowest BCUT2D eigenvalue weighted by Gasteiger charge is -2.29. The second-order valence-corrected chi connectivity index (χ2v) is 9.06. The van der Waals surface area contributed by atoms with Crippen LogP contribution in [0.1, 0.15) is 50.9 Å². The number of carbonyl (C=O) groups excluding carboxylic acids is 2. The van der Waals surface area contributed by atoms with Crippen LogP contribution in [0.2, 0.25) is 0 Å². The number of aliphatic carboxylic acids is 1. The molecule has 1 aromatic carbocycles. The first-order valence-corrected chi connectivity index (χ1v) is 11.1. The molecular formula is C24H27NO5S. The van der Waals surface area contributed by atoms with E-state index in [0.717, 1.165) is 16.7 Å². The third-order valence-corrected chi connectivity index (χ3v) is 6.48. The van der Waals surface area contributed by atoms with Crippen molar-refractivity contribution < 1.29 is 24.2 Å². The van der Waals surface area contributed by atoms with Gasteiger partial charge in [0.1, 0.15) is 10.6 Å². The first-order chi connectivity index (χ1) is 14.7. The van der Waals surface area contributed by atoms with E-state index in [4.69, 9.17) is 4.74 Å². The molecule has 0 saturated carbocycles. The largest absolute Gasteiger partial charge is 0.481 e. The number of hydrogen-bond donors (Lipinski definition) is 2. The Hall–Kier alpha value is -2.93. The van der Waals surface area contributed by atoms with Gasteiger partial charge in [-0.3, -0.25) is 9.59 Å². The molecule has 1 aromatic heterocycles. The molecule has 1 aliphatic carbocycles. The molecule has 0 bridgehead atoms. The summed E-state index contributed by atoms with van der Waals surface area (Å²) in [6.07, 6.45) is 0.420. The van der Waals surface area contributed by atoms with Gasteiger partial charge in [-0.1, -0.05) is 41.5 Å². The molecule has 1 amide bonds. The Kier molecular flexibility index (Phi) is 6.95. The van der Waals surface area contributed by atoms with E-state index in [1.807, 2.05) is 49.6 Å². The standard InChI is InChI=1S/C24H27NO5S/c1-13(2)30-24(29)20-19(16-8-6-5-7-9-16)12-31-22(20)25-21(26)17-10-14(3)15(4)11-18(17)23(27)28/h5-9,12-13,17-18H,10-11H2,1-4H3,(H,25,26)(H,27,28)/t17-,18+/m0/s1. The van der Waals surface area contributed by atoms with Crippen LogP contribution in [0.3, 0.4) is 0 Å². The van der Waals surface area contributed by atoms with E-state index in [1.54, 1.807) is 13.8 Å². The number of carboxylic acids is 1. The van der Waals surface area contributed by atoms with Crippen LogP contribution < -0.4 is 5.32 Å². The molecule has 3 rings (SSSR count). The number of benzene rings is 1. The third-order valence-electron chi connectivity index (χ3n) is 5.58. The number of amides is 1. The minimum Gasteiger partial charge on any atom is -0.481 e. The summed E-state index contributed by atoms with van der Waals surface area (Å²) in [6, 6.07) is 9.41. The van der Waals surface area contributed by atoms with Gasteiger partial charge >= 0.3 is 11.9 Å². The van der Waals surface area contributed by atoms with Crippen LogP contribution in [0.25, 0.3) is 11.1 Å².